The van der Waals surface area contributed by atoms with E-state index in [1.807, 2.05) is 12.1 Å². The third-order valence-electron chi connectivity index (χ3n) is 7.40. The van der Waals surface area contributed by atoms with Gasteiger partial charge >= 0.3 is 7.12 Å². The van der Waals surface area contributed by atoms with Gasteiger partial charge < -0.3 is 9.31 Å². The smallest absolute Gasteiger partial charge is 0.398 e. The summed E-state index contributed by atoms with van der Waals surface area (Å²) in [5.41, 5.74) is 5.85. The predicted molar refractivity (Wildman–Crippen MR) is 144 cm³/mol. The summed E-state index contributed by atoms with van der Waals surface area (Å²) in [6.07, 6.45) is 0. The number of hydrogen-bond donors (Lipinski definition) is 0. The lowest BCUT2D eigenvalue weighted by Crippen LogP contribution is -2.41. The van der Waals surface area contributed by atoms with Crippen molar-refractivity contribution in [1.29, 1.82) is 0 Å². The van der Waals surface area contributed by atoms with Gasteiger partial charge in [-0.05, 0) is 63.8 Å². The van der Waals surface area contributed by atoms with Crippen LogP contribution in [-0.4, -0.2) is 33.3 Å². The van der Waals surface area contributed by atoms with E-state index >= 15 is 0 Å². The van der Waals surface area contributed by atoms with Crippen molar-refractivity contribution >= 4 is 34.5 Å². The van der Waals surface area contributed by atoms with Crippen LogP contribution in [0.3, 0.4) is 0 Å². The fourth-order valence-corrected chi connectivity index (χ4v) is 4.43. The highest BCUT2D eigenvalue weighted by Gasteiger charge is 2.52. The van der Waals surface area contributed by atoms with E-state index in [4.69, 9.17) is 24.3 Å². The van der Waals surface area contributed by atoms with Crippen molar-refractivity contribution in [3.05, 3.63) is 59.9 Å². The van der Waals surface area contributed by atoms with E-state index in [0.29, 0.717) is 5.92 Å². The SMILES string of the molecule is CC(C)c1ccc2ccc3c(-c4cccc(B5OC(C)(C)C(C)(C)O5)n4)cc(C(C)C)nc3c2n1. The second-order valence-corrected chi connectivity index (χ2v) is 11.2. The van der Waals surface area contributed by atoms with Crippen LogP contribution in [0.15, 0.2) is 48.5 Å². The predicted octanol–water partition coefficient (Wildman–Crippen LogP) is 6.39. The van der Waals surface area contributed by atoms with Crippen molar-refractivity contribution in [1.82, 2.24) is 15.0 Å². The molecule has 0 aliphatic carbocycles. The Balaban J connectivity index is 1.70. The Morgan fingerprint density at radius 1 is 0.714 bits per heavy atom. The zero-order chi connectivity index (χ0) is 25.1. The molecule has 180 valence electrons. The van der Waals surface area contributed by atoms with Gasteiger partial charge in [0.2, 0.25) is 0 Å². The third-order valence-corrected chi connectivity index (χ3v) is 7.40. The molecule has 4 aromatic rings. The van der Waals surface area contributed by atoms with Gasteiger partial charge in [-0.3, -0.25) is 15.0 Å². The Kier molecular flexibility index (Phi) is 5.73. The number of benzene rings is 1. The van der Waals surface area contributed by atoms with Crippen molar-refractivity contribution < 1.29 is 9.31 Å². The molecule has 0 bridgehead atoms. The van der Waals surface area contributed by atoms with E-state index in [1.54, 1.807) is 0 Å². The Morgan fingerprint density at radius 3 is 2.00 bits per heavy atom. The summed E-state index contributed by atoms with van der Waals surface area (Å²) in [5.74, 6) is 0.619. The maximum absolute atomic E-state index is 6.28. The van der Waals surface area contributed by atoms with Crippen molar-refractivity contribution in [2.75, 3.05) is 0 Å². The Labute approximate surface area is 208 Å². The Bertz CT molecular complexity index is 1410. The van der Waals surface area contributed by atoms with E-state index in [2.05, 4.69) is 91.8 Å². The van der Waals surface area contributed by atoms with Crippen LogP contribution < -0.4 is 5.59 Å². The minimum atomic E-state index is -0.506. The van der Waals surface area contributed by atoms with E-state index < -0.39 is 18.3 Å². The second kappa shape index (κ2) is 8.39. The highest BCUT2D eigenvalue weighted by molar-refractivity contribution is 6.61. The lowest BCUT2D eigenvalue weighted by atomic mass is 9.84. The zero-order valence-corrected chi connectivity index (χ0v) is 22.0. The standard InChI is InChI=1S/C29H34BN3O2/c1-17(2)22-15-13-19-12-14-20-21(16-24(18(3)4)33-27(20)26(19)32-22)23-10-9-11-25(31-23)30-34-28(5,6)29(7,8)35-30/h9-18H,1-8H3. The first-order valence-electron chi connectivity index (χ1n) is 12.5. The average molecular weight is 467 g/mol. The number of nitrogens with zero attached hydrogens (tertiary/aromatic N) is 3. The van der Waals surface area contributed by atoms with Crippen molar-refractivity contribution in [3.8, 4) is 11.3 Å². The third kappa shape index (κ3) is 4.13. The highest BCUT2D eigenvalue weighted by atomic mass is 16.7. The second-order valence-electron chi connectivity index (χ2n) is 11.2. The molecular weight excluding hydrogens is 433 g/mol. The van der Waals surface area contributed by atoms with Crippen LogP contribution in [-0.2, 0) is 9.31 Å². The van der Waals surface area contributed by atoms with Gasteiger partial charge in [-0.25, -0.2) is 0 Å². The van der Waals surface area contributed by atoms with Crippen LogP contribution in [0, 0.1) is 0 Å². The van der Waals surface area contributed by atoms with E-state index in [0.717, 1.165) is 50.0 Å². The van der Waals surface area contributed by atoms with Gasteiger partial charge in [0.05, 0.1) is 33.5 Å². The van der Waals surface area contributed by atoms with Crippen molar-refractivity contribution in [2.24, 2.45) is 0 Å². The minimum absolute atomic E-state index is 0.271. The molecule has 1 fully saturated rings. The lowest BCUT2D eigenvalue weighted by Gasteiger charge is -2.32. The maximum Gasteiger partial charge on any atom is 0.514 e. The molecule has 0 spiro atoms. The van der Waals surface area contributed by atoms with E-state index in [-0.39, 0.29) is 5.92 Å². The van der Waals surface area contributed by atoms with Crippen LogP contribution in [0.4, 0.5) is 0 Å². The fraction of sp³-hybridized carbons (Fsp3) is 0.414. The molecule has 5 nitrogen and oxygen atoms in total. The summed E-state index contributed by atoms with van der Waals surface area (Å²) in [5, 5.41) is 2.15. The van der Waals surface area contributed by atoms with Gasteiger partial charge in [0.1, 0.15) is 0 Å². The lowest BCUT2D eigenvalue weighted by molar-refractivity contribution is 0.00578. The van der Waals surface area contributed by atoms with E-state index in [1.165, 1.54) is 0 Å². The molecule has 0 unspecified atom stereocenters. The van der Waals surface area contributed by atoms with Crippen LogP contribution in [0.2, 0.25) is 0 Å². The molecule has 1 aromatic carbocycles. The molecule has 0 saturated carbocycles. The van der Waals surface area contributed by atoms with Crippen LogP contribution in [0.5, 0.6) is 0 Å². The molecule has 5 rings (SSSR count). The van der Waals surface area contributed by atoms with Gasteiger partial charge in [-0.2, -0.15) is 0 Å². The number of pyridine rings is 3. The minimum Gasteiger partial charge on any atom is -0.398 e. The van der Waals surface area contributed by atoms with Gasteiger partial charge in [0.15, 0.2) is 0 Å². The van der Waals surface area contributed by atoms with Crippen LogP contribution in [0.25, 0.3) is 33.1 Å². The molecule has 1 aliphatic heterocycles. The van der Waals surface area contributed by atoms with Crippen LogP contribution in [0.1, 0.15) is 78.6 Å². The van der Waals surface area contributed by atoms with E-state index in [9.17, 15) is 0 Å². The van der Waals surface area contributed by atoms with Gasteiger partial charge in [0.25, 0.3) is 0 Å². The quantitative estimate of drug-likeness (QED) is 0.257. The largest absolute Gasteiger partial charge is 0.514 e. The molecule has 6 heteroatoms. The first-order valence-corrected chi connectivity index (χ1v) is 12.5. The Morgan fingerprint density at radius 2 is 1.34 bits per heavy atom. The Hall–Kier alpha value is -2.83. The molecular formula is C29H34BN3O2. The van der Waals surface area contributed by atoms with Crippen molar-refractivity contribution in [3.63, 3.8) is 0 Å². The molecule has 0 radical (unpaired) electrons. The normalized spacial score (nSPS) is 17.3. The molecule has 1 aliphatic rings. The summed E-state index contributed by atoms with van der Waals surface area (Å²) < 4.78 is 12.6. The first-order chi connectivity index (χ1) is 16.5. The number of hydrogen-bond acceptors (Lipinski definition) is 5. The summed E-state index contributed by atoms with van der Waals surface area (Å²) in [6, 6.07) is 16.8. The maximum atomic E-state index is 6.28. The monoisotopic (exact) mass is 467 g/mol. The number of rotatable bonds is 4. The van der Waals surface area contributed by atoms with Gasteiger partial charge in [-0.15, -0.1) is 0 Å². The molecule has 0 N–H and O–H groups in total. The summed E-state index contributed by atoms with van der Waals surface area (Å²) in [4.78, 5) is 15.1. The summed E-state index contributed by atoms with van der Waals surface area (Å²) in [6.45, 7) is 16.9. The first kappa shape index (κ1) is 23.9. The highest BCUT2D eigenvalue weighted by Crippen LogP contribution is 2.37. The molecule has 3 aromatic heterocycles. The van der Waals surface area contributed by atoms with Gasteiger partial charge in [-0.1, -0.05) is 52.0 Å². The van der Waals surface area contributed by atoms with Crippen molar-refractivity contribution in [2.45, 2.75) is 78.4 Å². The number of fused-ring (bicyclic) bond motifs is 3. The number of aromatic nitrogens is 3. The summed E-state index contributed by atoms with van der Waals surface area (Å²) in [7, 11) is -0.506. The molecule has 1 saturated heterocycles. The molecule has 4 heterocycles. The van der Waals surface area contributed by atoms with Crippen LogP contribution >= 0.6 is 0 Å². The molecule has 0 atom stereocenters. The molecule has 35 heavy (non-hydrogen) atoms. The zero-order valence-electron chi connectivity index (χ0n) is 22.0. The van der Waals surface area contributed by atoms with Gasteiger partial charge in [0, 0.05) is 27.7 Å². The average Bonchev–Trinajstić information content (AvgIpc) is 3.04. The fourth-order valence-electron chi connectivity index (χ4n) is 4.43. The molecule has 0 amide bonds. The summed E-state index contributed by atoms with van der Waals surface area (Å²) >= 11 is 0. The topological polar surface area (TPSA) is 57.1 Å².